The van der Waals surface area contributed by atoms with Gasteiger partial charge in [0.1, 0.15) is 11.3 Å². The zero-order valence-corrected chi connectivity index (χ0v) is 29.6. The van der Waals surface area contributed by atoms with Gasteiger partial charge in [-0.1, -0.05) is 170 Å². The Hall–Kier alpha value is -7.16. The van der Waals surface area contributed by atoms with E-state index in [1.807, 2.05) is 6.07 Å². The molecule has 0 N–H and O–H groups in total. The molecule has 0 unspecified atom stereocenters. The third kappa shape index (κ3) is 5.53. The van der Waals surface area contributed by atoms with E-state index < -0.39 is 0 Å². The average molecular weight is 690 g/mol. The standard InChI is InChI=1S/C52H35NO/c1-3-16-36(17-4-1)44-24-11-13-28-49(44)53(41-32-30-37(31-33-41)48-35-39-20-7-8-23-43(39)45-25-9-10-26-46(45)48)42-22-15-21-40(34-42)52-51(38-18-5-2-6-19-38)47-27-12-14-29-50(47)54-52/h1-35H. The van der Waals surface area contributed by atoms with Crippen molar-refractivity contribution >= 4 is 49.6 Å². The molecule has 0 aliphatic carbocycles. The molecular weight excluding hydrogens is 655 g/mol. The van der Waals surface area contributed by atoms with Crippen LogP contribution in [0.2, 0.25) is 0 Å². The maximum atomic E-state index is 6.69. The van der Waals surface area contributed by atoms with Crippen molar-refractivity contribution in [3.8, 4) is 44.7 Å². The zero-order chi connectivity index (χ0) is 35.8. The Morgan fingerprint density at radius 1 is 0.333 bits per heavy atom. The van der Waals surface area contributed by atoms with Crippen LogP contribution in [0, 0.1) is 0 Å². The van der Waals surface area contributed by atoms with Crippen LogP contribution >= 0.6 is 0 Å². The van der Waals surface area contributed by atoms with E-state index in [1.54, 1.807) is 0 Å². The van der Waals surface area contributed by atoms with Gasteiger partial charge in [0.2, 0.25) is 0 Å². The Kier molecular flexibility index (Phi) is 7.85. The highest BCUT2D eigenvalue weighted by atomic mass is 16.3. The van der Waals surface area contributed by atoms with Crippen LogP contribution in [0.1, 0.15) is 0 Å². The SMILES string of the molecule is c1ccc(-c2ccccc2N(c2ccc(-c3cc4ccccc4c4ccccc34)cc2)c2cccc(-c3oc4ccccc4c3-c3ccccc3)c2)cc1. The topological polar surface area (TPSA) is 16.4 Å². The minimum atomic E-state index is 0.860. The summed E-state index contributed by atoms with van der Waals surface area (Å²) in [6, 6.07) is 75.7. The molecule has 0 saturated carbocycles. The molecule has 0 radical (unpaired) electrons. The minimum absolute atomic E-state index is 0.860. The fourth-order valence-corrected chi connectivity index (χ4v) is 7.97. The summed E-state index contributed by atoms with van der Waals surface area (Å²) in [7, 11) is 0. The molecule has 0 fully saturated rings. The summed E-state index contributed by atoms with van der Waals surface area (Å²) < 4.78 is 6.69. The third-order valence-electron chi connectivity index (χ3n) is 10.5. The normalized spacial score (nSPS) is 11.3. The van der Waals surface area contributed by atoms with Gasteiger partial charge in [-0.2, -0.15) is 0 Å². The summed E-state index contributed by atoms with van der Waals surface area (Å²) >= 11 is 0. The molecule has 0 aliphatic heterocycles. The van der Waals surface area contributed by atoms with Crippen LogP contribution < -0.4 is 4.90 Å². The second-order valence-corrected chi connectivity index (χ2v) is 13.7. The summed E-state index contributed by atoms with van der Waals surface area (Å²) in [6.45, 7) is 0. The number of fused-ring (bicyclic) bond motifs is 4. The number of hydrogen-bond donors (Lipinski definition) is 0. The summed E-state index contributed by atoms with van der Waals surface area (Å²) in [5, 5.41) is 6.14. The molecule has 0 bridgehead atoms. The van der Waals surface area contributed by atoms with Gasteiger partial charge in [-0.3, -0.25) is 0 Å². The molecule has 54 heavy (non-hydrogen) atoms. The summed E-state index contributed by atoms with van der Waals surface area (Å²) in [6.07, 6.45) is 0. The molecule has 10 aromatic rings. The Morgan fingerprint density at radius 2 is 0.926 bits per heavy atom. The molecule has 1 aromatic heterocycles. The van der Waals surface area contributed by atoms with Crippen LogP contribution in [0.5, 0.6) is 0 Å². The lowest BCUT2D eigenvalue weighted by atomic mass is 9.93. The van der Waals surface area contributed by atoms with E-state index in [-0.39, 0.29) is 0 Å². The Morgan fingerprint density at radius 3 is 1.72 bits per heavy atom. The van der Waals surface area contributed by atoms with Crippen molar-refractivity contribution < 1.29 is 4.42 Å². The van der Waals surface area contributed by atoms with Crippen molar-refractivity contribution in [1.29, 1.82) is 0 Å². The molecule has 9 aromatic carbocycles. The first kappa shape index (κ1) is 31.6. The molecule has 0 aliphatic rings. The average Bonchev–Trinajstić information content (AvgIpc) is 3.65. The van der Waals surface area contributed by atoms with E-state index in [0.29, 0.717) is 0 Å². The molecule has 2 heteroatoms. The van der Waals surface area contributed by atoms with Crippen LogP contribution in [0.3, 0.4) is 0 Å². The highest BCUT2D eigenvalue weighted by molar-refractivity contribution is 6.14. The predicted molar refractivity (Wildman–Crippen MR) is 228 cm³/mol. The van der Waals surface area contributed by atoms with Crippen molar-refractivity contribution in [3.63, 3.8) is 0 Å². The van der Waals surface area contributed by atoms with E-state index in [0.717, 1.165) is 61.6 Å². The summed E-state index contributed by atoms with van der Waals surface area (Å²) in [5.41, 5.74) is 12.1. The number of rotatable bonds is 7. The highest BCUT2D eigenvalue weighted by Gasteiger charge is 2.21. The van der Waals surface area contributed by atoms with Crippen LogP contribution in [0.4, 0.5) is 17.1 Å². The molecule has 2 nitrogen and oxygen atoms in total. The quantitative estimate of drug-likeness (QED) is 0.155. The van der Waals surface area contributed by atoms with Gasteiger partial charge in [0.05, 0.1) is 5.69 Å². The maximum Gasteiger partial charge on any atom is 0.143 e. The first-order valence-corrected chi connectivity index (χ1v) is 18.4. The van der Waals surface area contributed by atoms with Crippen LogP contribution in [-0.4, -0.2) is 0 Å². The molecule has 0 spiro atoms. The number of hydrogen-bond acceptors (Lipinski definition) is 2. The fourth-order valence-electron chi connectivity index (χ4n) is 7.97. The van der Waals surface area contributed by atoms with E-state index in [4.69, 9.17) is 4.42 Å². The molecule has 0 amide bonds. The molecule has 10 rings (SSSR count). The van der Waals surface area contributed by atoms with Gasteiger partial charge in [-0.25, -0.2) is 0 Å². The number of nitrogens with zero attached hydrogens (tertiary/aromatic N) is 1. The van der Waals surface area contributed by atoms with Crippen molar-refractivity contribution in [2.45, 2.75) is 0 Å². The van der Waals surface area contributed by atoms with Crippen molar-refractivity contribution in [1.82, 2.24) is 0 Å². The number of anilines is 3. The number of furan rings is 1. The largest absolute Gasteiger partial charge is 0.455 e. The first-order chi connectivity index (χ1) is 26.8. The Bertz CT molecular complexity index is 2920. The van der Waals surface area contributed by atoms with Crippen molar-refractivity contribution in [3.05, 3.63) is 212 Å². The Balaban J connectivity index is 1.15. The van der Waals surface area contributed by atoms with Gasteiger partial charge < -0.3 is 9.32 Å². The maximum absolute atomic E-state index is 6.69. The fraction of sp³-hybridized carbons (Fsp3) is 0. The van der Waals surface area contributed by atoms with Crippen LogP contribution in [-0.2, 0) is 0 Å². The lowest BCUT2D eigenvalue weighted by Crippen LogP contribution is -2.11. The van der Waals surface area contributed by atoms with E-state index >= 15 is 0 Å². The van der Waals surface area contributed by atoms with Crippen LogP contribution in [0.25, 0.3) is 77.2 Å². The van der Waals surface area contributed by atoms with Crippen LogP contribution in [0.15, 0.2) is 217 Å². The van der Waals surface area contributed by atoms with Gasteiger partial charge in [-0.05, 0) is 86.3 Å². The van der Waals surface area contributed by atoms with E-state index in [9.17, 15) is 0 Å². The lowest BCUT2D eigenvalue weighted by molar-refractivity contribution is 0.632. The minimum Gasteiger partial charge on any atom is -0.455 e. The van der Waals surface area contributed by atoms with Gasteiger partial charge in [0.25, 0.3) is 0 Å². The summed E-state index contributed by atoms with van der Waals surface area (Å²) in [5.74, 6) is 0.860. The second kappa shape index (κ2) is 13.4. The van der Waals surface area contributed by atoms with Gasteiger partial charge in [-0.15, -0.1) is 0 Å². The first-order valence-electron chi connectivity index (χ1n) is 18.4. The monoisotopic (exact) mass is 689 g/mol. The van der Waals surface area contributed by atoms with Gasteiger partial charge in [0.15, 0.2) is 0 Å². The Labute approximate surface area is 314 Å². The van der Waals surface area contributed by atoms with Crippen molar-refractivity contribution in [2.75, 3.05) is 4.90 Å². The van der Waals surface area contributed by atoms with Crippen molar-refractivity contribution in [2.24, 2.45) is 0 Å². The van der Waals surface area contributed by atoms with Gasteiger partial charge >= 0.3 is 0 Å². The molecule has 254 valence electrons. The predicted octanol–water partition coefficient (Wildman–Crippen LogP) is 14.9. The second-order valence-electron chi connectivity index (χ2n) is 13.7. The molecule has 1 heterocycles. The number of para-hydroxylation sites is 2. The van der Waals surface area contributed by atoms with E-state index in [2.05, 4.69) is 211 Å². The summed E-state index contributed by atoms with van der Waals surface area (Å²) in [4.78, 5) is 2.37. The molecule has 0 atom stereocenters. The van der Waals surface area contributed by atoms with Gasteiger partial charge in [0, 0.05) is 33.5 Å². The number of benzene rings is 9. The smallest absolute Gasteiger partial charge is 0.143 e. The third-order valence-corrected chi connectivity index (χ3v) is 10.5. The molecular formula is C52H35NO. The lowest BCUT2D eigenvalue weighted by Gasteiger charge is -2.28. The highest BCUT2D eigenvalue weighted by Crippen LogP contribution is 2.45. The van der Waals surface area contributed by atoms with E-state index in [1.165, 1.54) is 32.7 Å². The molecule has 0 saturated heterocycles. The zero-order valence-electron chi connectivity index (χ0n) is 29.6.